The molecule has 0 spiro atoms. The molecule has 0 saturated carbocycles. The zero-order chi connectivity index (χ0) is 15.2. The van der Waals surface area contributed by atoms with Crippen LogP contribution in [-0.2, 0) is 4.74 Å². The van der Waals surface area contributed by atoms with Crippen molar-refractivity contribution in [3.8, 4) is 0 Å². The molecule has 0 bridgehead atoms. The van der Waals surface area contributed by atoms with Crippen LogP contribution >= 0.6 is 0 Å². The molecule has 1 aromatic rings. The molecule has 1 heterocycles. The van der Waals surface area contributed by atoms with Crippen LogP contribution in [0.2, 0.25) is 0 Å². The van der Waals surface area contributed by atoms with Gasteiger partial charge in [0.15, 0.2) is 0 Å². The lowest BCUT2D eigenvalue weighted by Crippen LogP contribution is -2.32. The Hall–Kier alpha value is -1.39. The zero-order valence-corrected chi connectivity index (χ0v) is 12.9. The maximum atomic E-state index is 12.2. The van der Waals surface area contributed by atoms with Gasteiger partial charge in [0.25, 0.3) is 5.91 Å². The molecule has 1 atom stereocenters. The third kappa shape index (κ3) is 4.55. The van der Waals surface area contributed by atoms with Crippen molar-refractivity contribution in [1.29, 1.82) is 0 Å². The Balaban J connectivity index is 1.79. The molecule has 0 radical (unpaired) electrons. The SMILES string of the molecule is Cc1ccc(C)c(C(=O)NCCC(O)C2CCOCC2)c1. The van der Waals surface area contributed by atoms with Gasteiger partial charge >= 0.3 is 0 Å². The molecule has 1 aromatic carbocycles. The van der Waals surface area contributed by atoms with Gasteiger partial charge in [-0.3, -0.25) is 4.79 Å². The molecule has 1 unspecified atom stereocenters. The van der Waals surface area contributed by atoms with Crippen molar-refractivity contribution in [3.63, 3.8) is 0 Å². The van der Waals surface area contributed by atoms with Crippen molar-refractivity contribution < 1.29 is 14.6 Å². The molecule has 21 heavy (non-hydrogen) atoms. The highest BCUT2D eigenvalue weighted by molar-refractivity contribution is 5.95. The molecule has 4 heteroatoms. The Labute approximate surface area is 126 Å². The summed E-state index contributed by atoms with van der Waals surface area (Å²) < 4.78 is 5.29. The molecule has 4 nitrogen and oxygen atoms in total. The first-order chi connectivity index (χ1) is 10.1. The first-order valence-electron chi connectivity index (χ1n) is 7.69. The summed E-state index contributed by atoms with van der Waals surface area (Å²) in [5.74, 6) is 0.242. The summed E-state index contributed by atoms with van der Waals surface area (Å²) >= 11 is 0. The van der Waals surface area contributed by atoms with E-state index in [0.717, 1.165) is 42.7 Å². The van der Waals surface area contributed by atoms with Gasteiger partial charge in [-0.2, -0.15) is 0 Å². The molecule has 2 N–H and O–H groups in total. The fourth-order valence-corrected chi connectivity index (χ4v) is 2.75. The van der Waals surface area contributed by atoms with E-state index in [9.17, 15) is 9.90 Å². The monoisotopic (exact) mass is 291 g/mol. The molecule has 0 aromatic heterocycles. The van der Waals surface area contributed by atoms with Crippen molar-refractivity contribution in [2.24, 2.45) is 5.92 Å². The van der Waals surface area contributed by atoms with Gasteiger partial charge in [0.2, 0.25) is 0 Å². The number of nitrogens with one attached hydrogen (secondary N) is 1. The van der Waals surface area contributed by atoms with Crippen LogP contribution in [-0.4, -0.2) is 36.9 Å². The summed E-state index contributed by atoms with van der Waals surface area (Å²) in [5.41, 5.74) is 2.77. The first-order valence-corrected chi connectivity index (χ1v) is 7.69. The fraction of sp³-hybridized carbons (Fsp3) is 0.588. The largest absolute Gasteiger partial charge is 0.393 e. The van der Waals surface area contributed by atoms with Gasteiger partial charge < -0.3 is 15.2 Å². The zero-order valence-electron chi connectivity index (χ0n) is 12.9. The lowest BCUT2D eigenvalue weighted by molar-refractivity contribution is 0.00528. The van der Waals surface area contributed by atoms with Crippen LogP contribution in [0.1, 0.15) is 40.7 Å². The first kappa shape index (κ1) is 16.0. The van der Waals surface area contributed by atoms with Crippen molar-refractivity contribution in [1.82, 2.24) is 5.32 Å². The van der Waals surface area contributed by atoms with Gasteiger partial charge in [-0.15, -0.1) is 0 Å². The second-order valence-electron chi connectivity index (χ2n) is 5.88. The maximum absolute atomic E-state index is 12.2. The lowest BCUT2D eigenvalue weighted by atomic mass is 9.92. The Morgan fingerprint density at radius 2 is 2.10 bits per heavy atom. The number of aliphatic hydroxyl groups excluding tert-OH is 1. The molecule has 2 rings (SSSR count). The van der Waals surface area contributed by atoms with E-state index < -0.39 is 0 Å². The smallest absolute Gasteiger partial charge is 0.251 e. The molecular weight excluding hydrogens is 266 g/mol. The van der Waals surface area contributed by atoms with Gasteiger partial charge in [0, 0.05) is 25.3 Å². The fourth-order valence-electron chi connectivity index (χ4n) is 2.75. The van der Waals surface area contributed by atoms with Crippen LogP contribution in [0.25, 0.3) is 0 Å². The topological polar surface area (TPSA) is 58.6 Å². The van der Waals surface area contributed by atoms with E-state index in [1.54, 1.807) is 0 Å². The number of aryl methyl sites for hydroxylation is 2. The number of carbonyl (C=O) groups excluding carboxylic acids is 1. The Morgan fingerprint density at radius 3 is 2.81 bits per heavy atom. The predicted octanol–water partition coefficient (Wildman–Crippen LogP) is 2.21. The molecule has 116 valence electrons. The number of ether oxygens (including phenoxy) is 1. The molecule has 1 amide bonds. The van der Waals surface area contributed by atoms with E-state index >= 15 is 0 Å². The second-order valence-corrected chi connectivity index (χ2v) is 5.88. The lowest BCUT2D eigenvalue weighted by Gasteiger charge is -2.26. The second kappa shape index (κ2) is 7.57. The highest BCUT2D eigenvalue weighted by Crippen LogP contribution is 2.20. The van der Waals surface area contributed by atoms with Crippen molar-refractivity contribution >= 4 is 5.91 Å². The summed E-state index contributed by atoms with van der Waals surface area (Å²) in [6.07, 6.45) is 2.06. The Kier molecular flexibility index (Phi) is 5.76. The van der Waals surface area contributed by atoms with Gasteiger partial charge in [-0.25, -0.2) is 0 Å². The van der Waals surface area contributed by atoms with E-state index in [4.69, 9.17) is 4.74 Å². The minimum atomic E-state index is -0.354. The van der Waals surface area contributed by atoms with Gasteiger partial charge in [0.1, 0.15) is 0 Å². The Morgan fingerprint density at radius 1 is 1.38 bits per heavy atom. The van der Waals surface area contributed by atoms with Gasteiger partial charge in [-0.1, -0.05) is 17.7 Å². The average molecular weight is 291 g/mol. The normalized spacial score (nSPS) is 17.5. The van der Waals surface area contributed by atoms with E-state index in [1.807, 2.05) is 32.0 Å². The number of hydrogen-bond donors (Lipinski definition) is 2. The van der Waals surface area contributed by atoms with Crippen molar-refractivity contribution in [3.05, 3.63) is 34.9 Å². The third-order valence-electron chi connectivity index (χ3n) is 4.17. The predicted molar refractivity (Wildman–Crippen MR) is 82.4 cm³/mol. The van der Waals surface area contributed by atoms with Crippen LogP contribution in [0.3, 0.4) is 0 Å². The molecule has 1 saturated heterocycles. The van der Waals surface area contributed by atoms with Crippen molar-refractivity contribution in [2.45, 2.75) is 39.2 Å². The minimum Gasteiger partial charge on any atom is -0.393 e. The van der Waals surface area contributed by atoms with E-state index in [0.29, 0.717) is 18.9 Å². The summed E-state index contributed by atoms with van der Waals surface area (Å²) in [7, 11) is 0. The molecule has 1 aliphatic heterocycles. The number of carbonyl (C=O) groups is 1. The van der Waals surface area contributed by atoms with E-state index in [-0.39, 0.29) is 12.0 Å². The highest BCUT2D eigenvalue weighted by atomic mass is 16.5. The van der Waals surface area contributed by atoms with Crippen LogP contribution in [0, 0.1) is 19.8 Å². The van der Waals surface area contributed by atoms with E-state index in [2.05, 4.69) is 5.32 Å². The van der Waals surface area contributed by atoms with Crippen LogP contribution in [0.4, 0.5) is 0 Å². The molecule has 0 aliphatic carbocycles. The van der Waals surface area contributed by atoms with E-state index in [1.165, 1.54) is 0 Å². The van der Waals surface area contributed by atoms with Gasteiger partial charge in [0.05, 0.1) is 6.10 Å². The highest BCUT2D eigenvalue weighted by Gasteiger charge is 2.22. The summed E-state index contributed by atoms with van der Waals surface area (Å²) in [6, 6.07) is 5.86. The minimum absolute atomic E-state index is 0.0598. The van der Waals surface area contributed by atoms with Crippen LogP contribution in [0.5, 0.6) is 0 Å². The van der Waals surface area contributed by atoms with Crippen LogP contribution < -0.4 is 5.32 Å². The third-order valence-corrected chi connectivity index (χ3v) is 4.17. The summed E-state index contributed by atoms with van der Waals surface area (Å²) in [4.78, 5) is 12.2. The quantitative estimate of drug-likeness (QED) is 0.874. The molecule has 1 fully saturated rings. The number of aliphatic hydroxyl groups is 1. The average Bonchev–Trinajstić information content (AvgIpc) is 2.50. The number of hydrogen-bond acceptors (Lipinski definition) is 3. The number of amides is 1. The maximum Gasteiger partial charge on any atom is 0.251 e. The summed E-state index contributed by atoms with van der Waals surface area (Å²) in [5, 5.41) is 13.1. The van der Waals surface area contributed by atoms with Crippen LogP contribution in [0.15, 0.2) is 18.2 Å². The molecular formula is C17H25NO3. The summed E-state index contributed by atoms with van der Waals surface area (Å²) in [6.45, 7) is 5.88. The number of benzene rings is 1. The standard InChI is InChI=1S/C17H25NO3/c1-12-3-4-13(2)15(11-12)17(20)18-8-5-16(19)14-6-9-21-10-7-14/h3-4,11,14,16,19H,5-10H2,1-2H3,(H,18,20). The Bertz CT molecular complexity index is 481. The van der Waals surface area contributed by atoms with Crippen molar-refractivity contribution in [2.75, 3.05) is 19.8 Å². The van der Waals surface area contributed by atoms with Gasteiger partial charge in [-0.05, 0) is 50.7 Å². The number of rotatable bonds is 5. The molecule has 1 aliphatic rings.